The number of esters is 1. The molecule has 0 amide bonds. The van der Waals surface area contributed by atoms with Crippen LogP contribution < -0.4 is 5.73 Å². The molecule has 1 aromatic carbocycles. The molecule has 2 N–H and O–H groups in total. The molecular formula is C9H9Cl2NO2. The van der Waals surface area contributed by atoms with Gasteiger partial charge in [-0.2, -0.15) is 0 Å². The summed E-state index contributed by atoms with van der Waals surface area (Å²) in [5.74, 6) is -0.519. The van der Waals surface area contributed by atoms with Crippen molar-refractivity contribution in [3.05, 3.63) is 27.7 Å². The lowest BCUT2D eigenvalue weighted by Gasteiger charge is -2.07. The molecule has 1 aromatic rings. The molecule has 3 nitrogen and oxygen atoms in total. The number of carbonyl (C=O) groups is 1. The van der Waals surface area contributed by atoms with Gasteiger partial charge in [-0.3, -0.25) is 0 Å². The molecule has 0 saturated carbocycles. The van der Waals surface area contributed by atoms with Crippen LogP contribution in [-0.2, 0) is 4.74 Å². The first kappa shape index (κ1) is 11.1. The van der Waals surface area contributed by atoms with E-state index in [0.717, 1.165) is 0 Å². The standard InChI is InChI=1S/C9H9Cl2NO2/c1-2-14-9(13)6-3-5(10)4-7(11)8(6)12/h3-4H,2,12H2,1H3. The second-order valence-electron chi connectivity index (χ2n) is 2.57. The average molecular weight is 234 g/mol. The summed E-state index contributed by atoms with van der Waals surface area (Å²) in [5, 5.41) is 0.604. The number of anilines is 1. The summed E-state index contributed by atoms with van der Waals surface area (Å²) in [5.41, 5.74) is 5.98. The van der Waals surface area contributed by atoms with Crippen molar-refractivity contribution in [3.63, 3.8) is 0 Å². The van der Waals surface area contributed by atoms with Gasteiger partial charge in [0.25, 0.3) is 0 Å². The van der Waals surface area contributed by atoms with Crippen molar-refractivity contribution < 1.29 is 9.53 Å². The minimum absolute atomic E-state index is 0.189. The van der Waals surface area contributed by atoms with Crippen molar-refractivity contribution in [2.45, 2.75) is 6.92 Å². The highest BCUT2D eigenvalue weighted by Gasteiger charge is 2.14. The van der Waals surface area contributed by atoms with Crippen LogP contribution >= 0.6 is 23.2 Å². The van der Waals surface area contributed by atoms with Crippen molar-refractivity contribution >= 4 is 34.9 Å². The van der Waals surface area contributed by atoms with Crippen molar-refractivity contribution in [1.82, 2.24) is 0 Å². The number of hydrogen-bond acceptors (Lipinski definition) is 3. The van der Waals surface area contributed by atoms with Crippen LogP contribution in [0.4, 0.5) is 5.69 Å². The third-order valence-corrected chi connectivity index (χ3v) is 2.12. The number of carbonyl (C=O) groups excluding carboxylic acids is 1. The Kier molecular flexibility index (Phi) is 3.61. The van der Waals surface area contributed by atoms with Crippen LogP contribution in [-0.4, -0.2) is 12.6 Å². The first-order valence-electron chi connectivity index (χ1n) is 3.98. The first-order chi connectivity index (χ1) is 6.56. The van der Waals surface area contributed by atoms with Crippen molar-refractivity contribution in [2.24, 2.45) is 0 Å². The van der Waals surface area contributed by atoms with E-state index in [4.69, 9.17) is 33.7 Å². The van der Waals surface area contributed by atoms with E-state index in [-0.39, 0.29) is 22.9 Å². The number of ether oxygens (including phenoxy) is 1. The van der Waals surface area contributed by atoms with Crippen LogP contribution in [0.3, 0.4) is 0 Å². The zero-order valence-corrected chi connectivity index (χ0v) is 9.02. The zero-order chi connectivity index (χ0) is 10.7. The number of benzene rings is 1. The van der Waals surface area contributed by atoms with E-state index in [9.17, 15) is 4.79 Å². The van der Waals surface area contributed by atoms with E-state index < -0.39 is 5.97 Å². The Morgan fingerprint density at radius 2 is 2.14 bits per heavy atom. The number of rotatable bonds is 2. The number of nitrogen functional groups attached to an aromatic ring is 1. The van der Waals surface area contributed by atoms with Crippen LogP contribution in [0.5, 0.6) is 0 Å². The molecule has 0 aromatic heterocycles. The summed E-state index contributed by atoms with van der Waals surface area (Å²) < 4.78 is 4.78. The molecule has 0 bridgehead atoms. The average Bonchev–Trinajstić information content (AvgIpc) is 2.11. The Morgan fingerprint density at radius 3 is 2.71 bits per heavy atom. The minimum Gasteiger partial charge on any atom is -0.462 e. The van der Waals surface area contributed by atoms with Gasteiger partial charge < -0.3 is 10.5 Å². The van der Waals surface area contributed by atoms with Crippen LogP contribution in [0.2, 0.25) is 10.0 Å². The van der Waals surface area contributed by atoms with Crippen LogP contribution in [0, 0.1) is 0 Å². The largest absolute Gasteiger partial charge is 0.462 e. The van der Waals surface area contributed by atoms with E-state index in [0.29, 0.717) is 5.02 Å². The topological polar surface area (TPSA) is 52.3 Å². The third kappa shape index (κ3) is 2.30. The Bertz CT molecular complexity index is 366. The molecule has 0 saturated heterocycles. The minimum atomic E-state index is -0.519. The second kappa shape index (κ2) is 4.53. The summed E-state index contributed by atoms with van der Waals surface area (Å²) in [7, 11) is 0. The van der Waals surface area contributed by atoms with Gasteiger partial charge in [-0.05, 0) is 19.1 Å². The fourth-order valence-corrected chi connectivity index (χ4v) is 1.46. The van der Waals surface area contributed by atoms with Gasteiger partial charge in [-0.25, -0.2) is 4.79 Å². The van der Waals surface area contributed by atoms with Gasteiger partial charge in [-0.15, -0.1) is 0 Å². The van der Waals surface area contributed by atoms with E-state index in [2.05, 4.69) is 0 Å². The van der Waals surface area contributed by atoms with Crippen molar-refractivity contribution in [3.8, 4) is 0 Å². The second-order valence-corrected chi connectivity index (χ2v) is 3.41. The highest BCUT2D eigenvalue weighted by atomic mass is 35.5. The van der Waals surface area contributed by atoms with E-state index >= 15 is 0 Å². The number of hydrogen-bond donors (Lipinski definition) is 1. The normalized spacial score (nSPS) is 9.93. The summed E-state index contributed by atoms with van der Waals surface area (Å²) in [6.07, 6.45) is 0. The Hall–Kier alpha value is -0.930. The maximum atomic E-state index is 11.4. The SMILES string of the molecule is CCOC(=O)c1cc(Cl)cc(Cl)c1N. The molecule has 76 valence electrons. The lowest BCUT2D eigenvalue weighted by atomic mass is 10.2. The van der Waals surface area contributed by atoms with E-state index in [1.165, 1.54) is 12.1 Å². The molecule has 0 aliphatic rings. The molecule has 0 fully saturated rings. The van der Waals surface area contributed by atoms with Gasteiger partial charge in [0, 0.05) is 5.02 Å². The molecule has 0 radical (unpaired) electrons. The maximum absolute atomic E-state index is 11.4. The zero-order valence-electron chi connectivity index (χ0n) is 7.51. The smallest absolute Gasteiger partial charge is 0.340 e. The fraction of sp³-hybridized carbons (Fsp3) is 0.222. The Morgan fingerprint density at radius 1 is 1.50 bits per heavy atom. The van der Waals surface area contributed by atoms with E-state index in [1.807, 2.05) is 0 Å². The van der Waals surface area contributed by atoms with Gasteiger partial charge in [0.15, 0.2) is 0 Å². The molecule has 0 heterocycles. The van der Waals surface area contributed by atoms with Gasteiger partial charge in [0.05, 0.1) is 22.9 Å². The van der Waals surface area contributed by atoms with Gasteiger partial charge >= 0.3 is 5.97 Å². The Balaban J connectivity index is 3.13. The van der Waals surface area contributed by atoms with Gasteiger partial charge in [0.2, 0.25) is 0 Å². The molecular weight excluding hydrogens is 225 g/mol. The molecule has 0 unspecified atom stereocenters. The predicted molar refractivity (Wildman–Crippen MR) is 56.8 cm³/mol. The van der Waals surface area contributed by atoms with Gasteiger partial charge in [-0.1, -0.05) is 23.2 Å². The number of nitrogens with two attached hydrogens (primary N) is 1. The van der Waals surface area contributed by atoms with Crippen LogP contribution in [0.25, 0.3) is 0 Å². The van der Waals surface area contributed by atoms with Crippen molar-refractivity contribution in [2.75, 3.05) is 12.3 Å². The number of halogens is 2. The summed E-state index contributed by atoms with van der Waals surface area (Å²) >= 11 is 11.5. The summed E-state index contributed by atoms with van der Waals surface area (Å²) in [6, 6.07) is 2.90. The summed E-state index contributed by atoms with van der Waals surface area (Å²) in [6.45, 7) is 1.99. The quantitative estimate of drug-likeness (QED) is 0.632. The lowest BCUT2D eigenvalue weighted by molar-refractivity contribution is 0.0527. The monoisotopic (exact) mass is 233 g/mol. The first-order valence-corrected chi connectivity index (χ1v) is 4.73. The molecule has 5 heteroatoms. The van der Waals surface area contributed by atoms with Gasteiger partial charge in [0.1, 0.15) is 0 Å². The molecule has 1 rings (SSSR count). The van der Waals surface area contributed by atoms with Crippen molar-refractivity contribution in [1.29, 1.82) is 0 Å². The molecule has 0 aliphatic carbocycles. The predicted octanol–water partition coefficient (Wildman–Crippen LogP) is 2.75. The highest BCUT2D eigenvalue weighted by molar-refractivity contribution is 6.37. The molecule has 0 atom stereocenters. The fourth-order valence-electron chi connectivity index (χ4n) is 0.962. The van der Waals surface area contributed by atoms with Crippen LogP contribution in [0.15, 0.2) is 12.1 Å². The van der Waals surface area contributed by atoms with Crippen LogP contribution in [0.1, 0.15) is 17.3 Å². The molecule has 14 heavy (non-hydrogen) atoms. The van der Waals surface area contributed by atoms with E-state index in [1.54, 1.807) is 6.92 Å². The lowest BCUT2D eigenvalue weighted by Crippen LogP contribution is -2.08. The maximum Gasteiger partial charge on any atom is 0.340 e. The Labute approximate surface area is 91.7 Å². The summed E-state index contributed by atoms with van der Waals surface area (Å²) in [4.78, 5) is 11.4. The highest BCUT2D eigenvalue weighted by Crippen LogP contribution is 2.27. The molecule has 0 spiro atoms. The molecule has 0 aliphatic heterocycles. The third-order valence-electron chi connectivity index (χ3n) is 1.59.